The molecule has 2 saturated heterocycles. The van der Waals surface area contributed by atoms with Crippen LogP contribution in [-0.4, -0.2) is 48.0 Å². The third-order valence-electron chi connectivity index (χ3n) is 6.31. The van der Waals surface area contributed by atoms with E-state index in [1.54, 1.807) is 47.1 Å². The van der Waals surface area contributed by atoms with Gasteiger partial charge in [0.2, 0.25) is 0 Å². The first-order valence-electron chi connectivity index (χ1n) is 10.5. The molecule has 0 spiro atoms. The summed E-state index contributed by atoms with van der Waals surface area (Å²) in [6.45, 7) is 4.11. The summed E-state index contributed by atoms with van der Waals surface area (Å²) in [5, 5.41) is 0.105. The standard InChI is InChI=1S/C23H23Cl2F3N2O3/c1-14(24)15(2)30-21(31)29(18-8-6-17(25)7-9-18)20-10-11-32-13-22(20,30)16-4-3-5-19(12-16)33-23(26,27)28/h3-9,12,14-15,20H,10-11,13H2,1-2H3/t14?,15-,20?,22?/m0/s1. The molecule has 2 aromatic carbocycles. The molecule has 0 bridgehead atoms. The van der Waals surface area contributed by atoms with Crippen molar-refractivity contribution >= 4 is 34.9 Å². The Morgan fingerprint density at radius 3 is 2.52 bits per heavy atom. The van der Waals surface area contributed by atoms with E-state index in [-0.39, 0.29) is 18.4 Å². The Morgan fingerprint density at radius 1 is 1.18 bits per heavy atom. The van der Waals surface area contributed by atoms with Gasteiger partial charge in [0.25, 0.3) is 0 Å². The van der Waals surface area contributed by atoms with Gasteiger partial charge in [-0.2, -0.15) is 0 Å². The van der Waals surface area contributed by atoms with Gasteiger partial charge in [-0.3, -0.25) is 4.90 Å². The fourth-order valence-corrected chi connectivity index (χ4v) is 5.00. The van der Waals surface area contributed by atoms with E-state index in [0.717, 1.165) is 0 Å². The van der Waals surface area contributed by atoms with Gasteiger partial charge < -0.3 is 14.4 Å². The van der Waals surface area contributed by atoms with Crippen molar-refractivity contribution in [3.8, 4) is 5.75 Å². The van der Waals surface area contributed by atoms with Crippen LogP contribution < -0.4 is 9.64 Å². The van der Waals surface area contributed by atoms with Gasteiger partial charge in [0.15, 0.2) is 0 Å². The van der Waals surface area contributed by atoms with Gasteiger partial charge in [0, 0.05) is 23.4 Å². The summed E-state index contributed by atoms with van der Waals surface area (Å²) in [6, 6.07) is 11.5. The van der Waals surface area contributed by atoms with Gasteiger partial charge in [-0.1, -0.05) is 23.7 Å². The summed E-state index contributed by atoms with van der Waals surface area (Å²) in [5.41, 5.74) is 0.0610. The topological polar surface area (TPSA) is 42.0 Å². The van der Waals surface area contributed by atoms with Gasteiger partial charge in [-0.25, -0.2) is 4.79 Å². The number of anilines is 1. The van der Waals surface area contributed by atoms with Gasteiger partial charge in [-0.05, 0) is 62.2 Å². The lowest BCUT2D eigenvalue weighted by molar-refractivity contribution is -0.274. The number of hydrogen-bond donors (Lipinski definition) is 0. The number of carbonyl (C=O) groups excluding carboxylic acids is 1. The Labute approximate surface area is 200 Å². The van der Waals surface area contributed by atoms with Gasteiger partial charge >= 0.3 is 12.4 Å². The molecule has 0 saturated carbocycles. The van der Waals surface area contributed by atoms with Crippen LogP contribution in [0.3, 0.4) is 0 Å². The van der Waals surface area contributed by atoms with Crippen LogP contribution in [0.15, 0.2) is 48.5 Å². The van der Waals surface area contributed by atoms with Crippen molar-refractivity contribution in [1.29, 1.82) is 0 Å². The Bertz CT molecular complexity index is 1020. The van der Waals surface area contributed by atoms with E-state index in [1.165, 1.54) is 18.2 Å². The molecule has 2 aromatic rings. The molecule has 10 heteroatoms. The molecule has 2 heterocycles. The number of nitrogens with zero attached hydrogens (tertiary/aromatic N) is 2. The largest absolute Gasteiger partial charge is 0.573 e. The molecule has 0 N–H and O–H groups in total. The quantitative estimate of drug-likeness (QED) is 0.458. The van der Waals surface area contributed by atoms with Crippen LogP contribution >= 0.6 is 23.2 Å². The van der Waals surface area contributed by atoms with Crippen molar-refractivity contribution in [3.63, 3.8) is 0 Å². The zero-order valence-electron chi connectivity index (χ0n) is 18.0. The molecule has 0 radical (unpaired) electrons. The number of amides is 2. The smallest absolute Gasteiger partial charge is 0.406 e. The number of ether oxygens (including phenoxy) is 2. The Balaban J connectivity index is 1.89. The number of urea groups is 1. The van der Waals surface area contributed by atoms with Gasteiger partial charge in [0.05, 0.1) is 18.0 Å². The summed E-state index contributed by atoms with van der Waals surface area (Å²) >= 11 is 12.5. The summed E-state index contributed by atoms with van der Waals surface area (Å²) in [6.07, 6.45) is -4.35. The van der Waals surface area contributed by atoms with Crippen LogP contribution in [0.25, 0.3) is 0 Å². The number of rotatable bonds is 5. The van der Waals surface area contributed by atoms with Gasteiger partial charge in [-0.15, -0.1) is 24.8 Å². The predicted molar refractivity (Wildman–Crippen MR) is 120 cm³/mol. The average molecular weight is 503 g/mol. The number of carbonyl (C=O) groups is 1. The Hall–Kier alpha value is -2.16. The predicted octanol–water partition coefficient (Wildman–Crippen LogP) is 6.18. The van der Waals surface area contributed by atoms with E-state index in [1.807, 2.05) is 6.92 Å². The Kier molecular flexibility index (Phi) is 6.46. The third-order valence-corrected chi connectivity index (χ3v) is 6.92. The SMILES string of the molecule is CC(Cl)[C@H](C)N1C(=O)N(c2ccc(Cl)cc2)C2CCOCC21c1cccc(OC(F)(F)F)c1. The molecule has 0 aliphatic carbocycles. The molecule has 2 fully saturated rings. The van der Waals surface area contributed by atoms with Crippen molar-refractivity contribution in [3.05, 3.63) is 59.1 Å². The highest BCUT2D eigenvalue weighted by Crippen LogP contribution is 2.49. The molecule has 2 aliphatic rings. The van der Waals surface area contributed by atoms with Crippen LogP contribution in [-0.2, 0) is 10.3 Å². The number of halogens is 5. The maximum atomic E-state index is 13.9. The van der Waals surface area contributed by atoms with E-state index in [4.69, 9.17) is 27.9 Å². The lowest BCUT2D eigenvalue weighted by Gasteiger charge is -2.47. The monoisotopic (exact) mass is 502 g/mol. The molecule has 4 atom stereocenters. The van der Waals surface area contributed by atoms with Crippen LogP contribution in [0.2, 0.25) is 5.02 Å². The van der Waals surface area contributed by atoms with Crippen molar-refractivity contribution < 1.29 is 27.4 Å². The lowest BCUT2D eigenvalue weighted by atomic mass is 9.79. The summed E-state index contributed by atoms with van der Waals surface area (Å²) in [7, 11) is 0. The van der Waals surface area contributed by atoms with E-state index >= 15 is 0 Å². The molecule has 4 rings (SSSR count). The lowest BCUT2D eigenvalue weighted by Crippen LogP contribution is -2.59. The van der Waals surface area contributed by atoms with Crippen molar-refractivity contribution in [2.45, 2.75) is 49.6 Å². The molecule has 3 unspecified atom stereocenters. The minimum Gasteiger partial charge on any atom is -0.406 e. The molecule has 2 aliphatic heterocycles. The number of hydrogen-bond acceptors (Lipinski definition) is 3. The maximum Gasteiger partial charge on any atom is 0.573 e. The highest BCUT2D eigenvalue weighted by atomic mass is 35.5. The molecule has 33 heavy (non-hydrogen) atoms. The minimum atomic E-state index is -4.84. The molecule has 178 valence electrons. The Morgan fingerprint density at radius 2 is 1.88 bits per heavy atom. The second-order valence-electron chi connectivity index (χ2n) is 8.27. The number of alkyl halides is 4. The van der Waals surface area contributed by atoms with Crippen LogP contribution in [0.1, 0.15) is 25.8 Å². The molecule has 0 aromatic heterocycles. The maximum absolute atomic E-state index is 13.9. The number of fused-ring (bicyclic) bond motifs is 1. The fraction of sp³-hybridized carbons (Fsp3) is 0.435. The van der Waals surface area contributed by atoms with E-state index in [0.29, 0.717) is 29.3 Å². The van der Waals surface area contributed by atoms with E-state index in [2.05, 4.69) is 4.74 Å². The first kappa shape index (κ1) is 24.0. The molecular formula is C23H23Cl2F3N2O3. The first-order valence-corrected chi connectivity index (χ1v) is 11.3. The van der Waals surface area contributed by atoms with E-state index < -0.39 is 29.4 Å². The van der Waals surface area contributed by atoms with Crippen LogP contribution in [0.4, 0.5) is 23.7 Å². The molecule has 5 nitrogen and oxygen atoms in total. The highest BCUT2D eigenvalue weighted by Gasteiger charge is 2.61. The second kappa shape index (κ2) is 8.89. The average Bonchev–Trinajstić information content (AvgIpc) is 3.02. The molecule has 2 amide bonds. The van der Waals surface area contributed by atoms with E-state index in [9.17, 15) is 18.0 Å². The summed E-state index contributed by atoms with van der Waals surface area (Å²) in [5.74, 6) is -0.359. The molecular weight excluding hydrogens is 480 g/mol. The highest BCUT2D eigenvalue weighted by molar-refractivity contribution is 6.30. The van der Waals surface area contributed by atoms with Crippen LogP contribution in [0, 0.1) is 0 Å². The minimum absolute atomic E-state index is 0.108. The summed E-state index contributed by atoms with van der Waals surface area (Å²) in [4.78, 5) is 17.2. The zero-order valence-corrected chi connectivity index (χ0v) is 19.5. The van der Waals surface area contributed by atoms with Gasteiger partial charge in [0.1, 0.15) is 11.3 Å². The summed E-state index contributed by atoms with van der Waals surface area (Å²) < 4.78 is 48.8. The zero-order chi connectivity index (χ0) is 24.0. The van der Waals surface area contributed by atoms with Crippen LogP contribution in [0.5, 0.6) is 5.75 Å². The fourth-order valence-electron chi connectivity index (χ4n) is 4.76. The van der Waals surface area contributed by atoms with Crippen molar-refractivity contribution in [2.24, 2.45) is 0 Å². The second-order valence-corrected chi connectivity index (χ2v) is 9.40. The first-order chi connectivity index (χ1) is 15.5. The normalized spacial score (nSPS) is 25.1. The number of benzene rings is 2. The van der Waals surface area contributed by atoms with Crippen molar-refractivity contribution in [2.75, 3.05) is 18.1 Å². The van der Waals surface area contributed by atoms with Crippen molar-refractivity contribution in [1.82, 2.24) is 4.90 Å². The third kappa shape index (κ3) is 4.36.